The average molecular weight is 252 g/mol. The number of hydrogen-bond donors (Lipinski definition) is 1. The maximum Gasteiger partial charge on any atom is 0.268 e. The lowest BCUT2D eigenvalue weighted by molar-refractivity contribution is 0.121. The molecule has 0 radical (unpaired) electrons. The van der Waals surface area contributed by atoms with E-state index in [1.165, 1.54) is 4.68 Å². The number of likely N-dealkylation sites (N-methyl/N-ethyl adjacent to an activating group) is 1. The Labute approximate surface area is 107 Å². The van der Waals surface area contributed by atoms with Gasteiger partial charge in [-0.15, -0.1) is 0 Å². The van der Waals surface area contributed by atoms with E-state index in [4.69, 9.17) is 4.74 Å². The lowest BCUT2D eigenvalue weighted by Gasteiger charge is -2.18. The number of anilines is 1. The molecule has 1 atom stereocenters. The number of aromatic nitrogens is 2. The van der Waals surface area contributed by atoms with Crippen LogP contribution in [0.1, 0.15) is 6.42 Å². The molecule has 1 saturated heterocycles. The molecule has 0 amide bonds. The smallest absolute Gasteiger partial charge is 0.268 e. The van der Waals surface area contributed by atoms with Crippen molar-refractivity contribution >= 4 is 5.69 Å². The van der Waals surface area contributed by atoms with E-state index >= 15 is 0 Å². The molecule has 0 bridgehead atoms. The highest BCUT2D eigenvalue weighted by Crippen LogP contribution is 2.18. The number of rotatable bonds is 5. The predicted molar refractivity (Wildman–Crippen MR) is 70.1 cm³/mol. The van der Waals surface area contributed by atoms with Crippen LogP contribution in [0, 0.1) is 0 Å². The first-order valence-corrected chi connectivity index (χ1v) is 6.24. The first-order chi connectivity index (χ1) is 8.74. The molecule has 1 fully saturated rings. The molecule has 0 aromatic carbocycles. The zero-order valence-corrected chi connectivity index (χ0v) is 10.9. The van der Waals surface area contributed by atoms with Crippen molar-refractivity contribution < 1.29 is 4.74 Å². The Bertz CT molecular complexity index is 446. The summed E-state index contributed by atoms with van der Waals surface area (Å²) < 4.78 is 6.79. The van der Waals surface area contributed by atoms with Gasteiger partial charge in [0.25, 0.3) is 5.56 Å². The Hall–Kier alpha value is -1.40. The predicted octanol–water partition coefficient (Wildman–Crippen LogP) is -0.312. The summed E-state index contributed by atoms with van der Waals surface area (Å²) in [5.74, 6) is 0. The van der Waals surface area contributed by atoms with E-state index in [0.29, 0.717) is 6.54 Å². The molecule has 100 valence electrons. The van der Waals surface area contributed by atoms with Crippen LogP contribution in [0.4, 0.5) is 5.69 Å². The molecule has 1 aliphatic heterocycles. The van der Waals surface area contributed by atoms with Gasteiger partial charge in [-0.05, 0) is 13.5 Å². The summed E-state index contributed by atoms with van der Waals surface area (Å²) >= 11 is 0. The van der Waals surface area contributed by atoms with Crippen LogP contribution in [0.25, 0.3) is 0 Å². The third-order valence-corrected chi connectivity index (χ3v) is 3.27. The van der Waals surface area contributed by atoms with Gasteiger partial charge in [-0.2, -0.15) is 5.10 Å². The molecule has 1 unspecified atom stereocenters. The van der Waals surface area contributed by atoms with Crippen molar-refractivity contribution in [3.8, 4) is 0 Å². The van der Waals surface area contributed by atoms with Gasteiger partial charge in [-0.1, -0.05) is 0 Å². The highest BCUT2D eigenvalue weighted by molar-refractivity contribution is 5.44. The molecule has 6 nitrogen and oxygen atoms in total. The Morgan fingerprint density at radius 2 is 2.44 bits per heavy atom. The fraction of sp³-hybridized carbons (Fsp3) is 0.667. The Morgan fingerprint density at radius 1 is 1.61 bits per heavy atom. The minimum absolute atomic E-state index is 0.0522. The van der Waals surface area contributed by atoms with Crippen molar-refractivity contribution in [2.75, 3.05) is 38.7 Å². The van der Waals surface area contributed by atoms with Gasteiger partial charge in [0.05, 0.1) is 24.5 Å². The molecule has 1 aromatic rings. The zero-order valence-electron chi connectivity index (χ0n) is 10.9. The molecule has 0 saturated carbocycles. The van der Waals surface area contributed by atoms with Crippen molar-refractivity contribution in [3.63, 3.8) is 0 Å². The largest absolute Gasteiger partial charge is 0.380 e. The van der Waals surface area contributed by atoms with Crippen LogP contribution in [0.5, 0.6) is 0 Å². The zero-order chi connectivity index (χ0) is 13.0. The van der Waals surface area contributed by atoms with E-state index in [2.05, 4.69) is 15.3 Å². The Kier molecular flexibility index (Phi) is 4.33. The van der Waals surface area contributed by atoms with Crippen LogP contribution in [-0.2, 0) is 11.3 Å². The molecular formula is C12H20N4O2. The number of ether oxygens (including phenoxy) is 1. The molecule has 2 heterocycles. The van der Waals surface area contributed by atoms with Gasteiger partial charge in [0.2, 0.25) is 0 Å². The van der Waals surface area contributed by atoms with Gasteiger partial charge in [0.15, 0.2) is 0 Å². The molecule has 2 rings (SSSR count). The third-order valence-electron chi connectivity index (χ3n) is 3.27. The molecule has 1 aliphatic rings. The van der Waals surface area contributed by atoms with E-state index in [1.807, 2.05) is 7.05 Å². The summed E-state index contributed by atoms with van der Waals surface area (Å²) in [7, 11) is 3.58. The minimum Gasteiger partial charge on any atom is -0.380 e. The summed E-state index contributed by atoms with van der Waals surface area (Å²) in [6.45, 7) is 3.08. The highest BCUT2D eigenvalue weighted by atomic mass is 16.5. The summed E-state index contributed by atoms with van der Waals surface area (Å²) in [6, 6.07) is 1.65. The molecular weight excluding hydrogens is 232 g/mol. The fourth-order valence-corrected chi connectivity index (χ4v) is 2.14. The molecule has 18 heavy (non-hydrogen) atoms. The number of nitrogens with zero attached hydrogens (tertiary/aromatic N) is 3. The first kappa shape index (κ1) is 13.0. The van der Waals surface area contributed by atoms with E-state index in [1.54, 1.807) is 19.4 Å². The maximum absolute atomic E-state index is 11.9. The molecule has 0 spiro atoms. The van der Waals surface area contributed by atoms with Crippen LogP contribution in [-0.4, -0.2) is 49.7 Å². The van der Waals surface area contributed by atoms with Crippen molar-refractivity contribution in [3.05, 3.63) is 22.6 Å². The monoisotopic (exact) mass is 252 g/mol. The summed E-state index contributed by atoms with van der Waals surface area (Å²) in [6.07, 6.45) is 3.02. The second-order valence-corrected chi connectivity index (χ2v) is 4.47. The van der Waals surface area contributed by atoms with Gasteiger partial charge in [0.1, 0.15) is 0 Å². The van der Waals surface area contributed by atoms with Crippen molar-refractivity contribution in [1.82, 2.24) is 15.1 Å². The second kappa shape index (κ2) is 5.97. The first-order valence-electron chi connectivity index (χ1n) is 6.24. The van der Waals surface area contributed by atoms with E-state index in [9.17, 15) is 4.79 Å². The van der Waals surface area contributed by atoms with E-state index in [0.717, 1.165) is 31.7 Å². The molecule has 6 heteroatoms. The minimum atomic E-state index is -0.0522. The van der Waals surface area contributed by atoms with Crippen LogP contribution < -0.4 is 15.8 Å². The highest BCUT2D eigenvalue weighted by Gasteiger charge is 2.22. The van der Waals surface area contributed by atoms with Crippen LogP contribution in [0.15, 0.2) is 17.1 Å². The quantitative estimate of drug-likeness (QED) is 0.779. The van der Waals surface area contributed by atoms with Crippen molar-refractivity contribution in [1.29, 1.82) is 0 Å². The lowest BCUT2D eigenvalue weighted by Crippen LogP contribution is -2.29. The number of methoxy groups -OCH3 is 1. The van der Waals surface area contributed by atoms with Crippen molar-refractivity contribution in [2.45, 2.75) is 19.1 Å². The fourth-order valence-electron chi connectivity index (χ4n) is 2.14. The summed E-state index contributed by atoms with van der Waals surface area (Å²) in [5.41, 5.74) is 0.837. The van der Waals surface area contributed by atoms with Gasteiger partial charge in [-0.25, -0.2) is 4.68 Å². The van der Waals surface area contributed by atoms with Gasteiger partial charge >= 0.3 is 0 Å². The van der Waals surface area contributed by atoms with Gasteiger partial charge in [-0.3, -0.25) is 4.79 Å². The Balaban J connectivity index is 2.07. The van der Waals surface area contributed by atoms with E-state index in [-0.39, 0.29) is 11.7 Å². The third kappa shape index (κ3) is 2.88. The second-order valence-electron chi connectivity index (χ2n) is 4.47. The van der Waals surface area contributed by atoms with Gasteiger partial charge < -0.3 is 15.0 Å². The summed E-state index contributed by atoms with van der Waals surface area (Å²) in [5, 5.41) is 7.19. The number of hydrogen-bond acceptors (Lipinski definition) is 5. The van der Waals surface area contributed by atoms with Crippen LogP contribution >= 0.6 is 0 Å². The number of nitrogens with one attached hydrogen (secondary N) is 1. The topological polar surface area (TPSA) is 59.4 Å². The Morgan fingerprint density at radius 3 is 3.06 bits per heavy atom. The average Bonchev–Trinajstić information content (AvgIpc) is 2.86. The van der Waals surface area contributed by atoms with Crippen LogP contribution in [0.3, 0.4) is 0 Å². The van der Waals surface area contributed by atoms with Crippen molar-refractivity contribution in [2.24, 2.45) is 0 Å². The van der Waals surface area contributed by atoms with Crippen LogP contribution in [0.2, 0.25) is 0 Å². The van der Waals surface area contributed by atoms with E-state index < -0.39 is 0 Å². The van der Waals surface area contributed by atoms with Gasteiger partial charge in [0, 0.05) is 32.8 Å². The normalized spacial score (nSPS) is 19.4. The maximum atomic E-state index is 11.9. The standard InChI is InChI=1S/C12H20N4O2/c1-13-4-6-16-12(17)7-10(8-14-16)15-5-3-11(9-15)18-2/h7-8,11,13H,3-6,9H2,1-2H3. The molecule has 1 aromatic heterocycles. The summed E-state index contributed by atoms with van der Waals surface area (Å²) in [4.78, 5) is 14.0. The SMILES string of the molecule is CNCCn1ncc(N2CCC(OC)C2)cc1=O. The molecule has 1 N–H and O–H groups in total. The molecule has 0 aliphatic carbocycles. The lowest BCUT2D eigenvalue weighted by atomic mass is 10.3.